The summed E-state index contributed by atoms with van der Waals surface area (Å²) in [5.74, 6) is 0.424. The van der Waals surface area contributed by atoms with Crippen LogP contribution in [0.25, 0.3) is 0 Å². The number of nitrogens with two attached hydrogens (primary N) is 1. The zero-order chi connectivity index (χ0) is 15.6. The maximum absolute atomic E-state index is 13.4. The van der Waals surface area contributed by atoms with Gasteiger partial charge in [0, 0.05) is 16.6 Å². The highest BCUT2D eigenvalue weighted by Crippen LogP contribution is 2.38. The second-order valence-electron chi connectivity index (χ2n) is 6.75. The highest BCUT2D eigenvalue weighted by molar-refractivity contribution is 6.31. The Hall–Kier alpha value is -0.640. The molecule has 2 N–H and O–H groups in total. The fraction of sp³-hybridized carbons (Fsp3) is 0.647. The highest BCUT2D eigenvalue weighted by atomic mass is 35.5. The Kier molecular flexibility index (Phi) is 5.29. The second-order valence-corrected chi connectivity index (χ2v) is 7.15. The van der Waals surface area contributed by atoms with Crippen molar-refractivity contribution in [2.24, 2.45) is 11.7 Å². The second kappa shape index (κ2) is 6.64. The van der Waals surface area contributed by atoms with E-state index in [4.69, 9.17) is 17.3 Å². The number of halogens is 2. The minimum Gasteiger partial charge on any atom is -0.326 e. The van der Waals surface area contributed by atoms with E-state index in [1.807, 2.05) is 0 Å². The first-order chi connectivity index (χ1) is 9.85. The first-order valence-corrected chi connectivity index (χ1v) is 8.10. The standard InChI is InChI=1S/C17H26ClFN2/c1-12-5-4-8-17(11-12,21(2)3)16(20)10-13-9-14(19)6-7-15(13)18/h6-7,9,12,16H,4-5,8,10-11,20H2,1-3H3. The van der Waals surface area contributed by atoms with E-state index in [0.29, 0.717) is 17.4 Å². The van der Waals surface area contributed by atoms with Crippen molar-refractivity contribution in [2.45, 2.75) is 50.6 Å². The summed E-state index contributed by atoms with van der Waals surface area (Å²) in [6.07, 6.45) is 5.26. The van der Waals surface area contributed by atoms with Crippen LogP contribution in [0.1, 0.15) is 38.2 Å². The van der Waals surface area contributed by atoms with Gasteiger partial charge < -0.3 is 10.6 Å². The van der Waals surface area contributed by atoms with Gasteiger partial charge in [-0.25, -0.2) is 4.39 Å². The minimum atomic E-state index is -0.252. The lowest BCUT2D eigenvalue weighted by atomic mass is 9.70. The fourth-order valence-corrected chi connectivity index (χ4v) is 3.96. The molecule has 0 bridgehead atoms. The molecule has 0 aromatic heterocycles. The Morgan fingerprint density at radius 3 is 2.81 bits per heavy atom. The molecule has 1 aliphatic rings. The number of nitrogens with zero attached hydrogens (tertiary/aromatic N) is 1. The summed E-state index contributed by atoms with van der Waals surface area (Å²) in [6.45, 7) is 2.29. The highest BCUT2D eigenvalue weighted by Gasteiger charge is 2.42. The summed E-state index contributed by atoms with van der Waals surface area (Å²) in [6, 6.07) is 4.47. The van der Waals surface area contributed by atoms with Gasteiger partial charge in [-0.1, -0.05) is 31.4 Å². The monoisotopic (exact) mass is 312 g/mol. The van der Waals surface area contributed by atoms with Gasteiger partial charge >= 0.3 is 0 Å². The summed E-state index contributed by atoms with van der Waals surface area (Å²) in [4.78, 5) is 2.26. The minimum absolute atomic E-state index is 0.0205. The smallest absolute Gasteiger partial charge is 0.123 e. The molecular formula is C17H26ClFN2. The Morgan fingerprint density at radius 2 is 2.19 bits per heavy atom. The van der Waals surface area contributed by atoms with Crippen LogP contribution in [0.3, 0.4) is 0 Å². The third kappa shape index (κ3) is 3.58. The zero-order valence-electron chi connectivity index (χ0n) is 13.2. The molecular weight excluding hydrogens is 287 g/mol. The third-order valence-corrected chi connectivity index (χ3v) is 5.41. The maximum atomic E-state index is 13.4. The molecule has 3 atom stereocenters. The van der Waals surface area contributed by atoms with Crippen molar-refractivity contribution in [2.75, 3.05) is 14.1 Å². The van der Waals surface area contributed by atoms with Crippen molar-refractivity contribution >= 4 is 11.6 Å². The van der Waals surface area contributed by atoms with Crippen LogP contribution in [0.5, 0.6) is 0 Å². The Balaban J connectivity index is 2.23. The van der Waals surface area contributed by atoms with Gasteiger partial charge in [0.1, 0.15) is 5.82 Å². The molecule has 3 unspecified atom stereocenters. The first kappa shape index (κ1) is 16.7. The van der Waals surface area contributed by atoms with Gasteiger partial charge in [-0.3, -0.25) is 0 Å². The molecule has 0 amide bonds. The molecule has 2 rings (SSSR count). The van der Waals surface area contributed by atoms with Crippen molar-refractivity contribution in [1.29, 1.82) is 0 Å². The Morgan fingerprint density at radius 1 is 1.48 bits per heavy atom. The van der Waals surface area contributed by atoms with Crippen LogP contribution in [0.15, 0.2) is 18.2 Å². The lowest BCUT2D eigenvalue weighted by Gasteiger charge is -2.49. The van der Waals surface area contributed by atoms with E-state index in [-0.39, 0.29) is 17.4 Å². The van der Waals surface area contributed by atoms with E-state index in [1.165, 1.54) is 25.0 Å². The lowest BCUT2D eigenvalue weighted by Crippen LogP contribution is -2.60. The molecule has 1 aromatic carbocycles. The third-order valence-electron chi connectivity index (χ3n) is 5.04. The molecule has 0 spiro atoms. The number of hydrogen-bond acceptors (Lipinski definition) is 2. The molecule has 2 nitrogen and oxygen atoms in total. The zero-order valence-corrected chi connectivity index (χ0v) is 14.0. The summed E-state index contributed by atoms with van der Waals surface area (Å²) >= 11 is 6.20. The molecule has 0 saturated heterocycles. The Labute approximate surface area is 132 Å². The predicted molar refractivity (Wildman–Crippen MR) is 87.1 cm³/mol. The molecule has 1 aromatic rings. The van der Waals surface area contributed by atoms with Gasteiger partial charge in [-0.2, -0.15) is 0 Å². The Bertz CT molecular complexity index is 492. The van der Waals surface area contributed by atoms with E-state index >= 15 is 0 Å². The normalized spacial score (nSPS) is 27.9. The lowest BCUT2D eigenvalue weighted by molar-refractivity contribution is 0.0504. The van der Waals surface area contributed by atoms with Crippen molar-refractivity contribution in [3.8, 4) is 0 Å². The van der Waals surface area contributed by atoms with Crippen molar-refractivity contribution < 1.29 is 4.39 Å². The number of likely N-dealkylation sites (N-methyl/N-ethyl adjacent to an activating group) is 1. The molecule has 1 fully saturated rings. The number of benzene rings is 1. The van der Waals surface area contributed by atoms with Crippen LogP contribution < -0.4 is 5.73 Å². The van der Waals surface area contributed by atoms with Crippen LogP contribution in [0.4, 0.5) is 4.39 Å². The van der Waals surface area contributed by atoms with E-state index in [2.05, 4.69) is 25.9 Å². The quantitative estimate of drug-likeness (QED) is 0.914. The molecule has 0 aliphatic heterocycles. The molecule has 118 valence electrons. The van der Waals surface area contributed by atoms with Crippen molar-refractivity contribution in [3.63, 3.8) is 0 Å². The van der Waals surface area contributed by atoms with Crippen LogP contribution >= 0.6 is 11.6 Å². The average Bonchev–Trinajstić information content (AvgIpc) is 2.42. The van der Waals surface area contributed by atoms with Gasteiger partial charge in [0.15, 0.2) is 0 Å². The van der Waals surface area contributed by atoms with E-state index in [9.17, 15) is 4.39 Å². The van der Waals surface area contributed by atoms with Crippen LogP contribution in [0.2, 0.25) is 5.02 Å². The average molecular weight is 313 g/mol. The first-order valence-electron chi connectivity index (χ1n) is 7.72. The van der Waals surface area contributed by atoms with Crippen molar-refractivity contribution in [1.82, 2.24) is 4.90 Å². The van der Waals surface area contributed by atoms with E-state index in [1.54, 1.807) is 6.07 Å². The van der Waals surface area contributed by atoms with E-state index < -0.39 is 0 Å². The fourth-order valence-electron chi connectivity index (χ4n) is 3.77. The van der Waals surface area contributed by atoms with Crippen LogP contribution in [-0.4, -0.2) is 30.6 Å². The molecule has 0 heterocycles. The molecule has 0 radical (unpaired) electrons. The number of hydrogen-bond donors (Lipinski definition) is 1. The number of rotatable bonds is 4. The van der Waals surface area contributed by atoms with E-state index in [0.717, 1.165) is 18.4 Å². The van der Waals surface area contributed by atoms with Gasteiger partial charge in [-0.15, -0.1) is 0 Å². The van der Waals surface area contributed by atoms with Gasteiger partial charge in [0.05, 0.1) is 0 Å². The van der Waals surface area contributed by atoms with Gasteiger partial charge in [0.2, 0.25) is 0 Å². The molecule has 1 saturated carbocycles. The topological polar surface area (TPSA) is 29.3 Å². The SMILES string of the molecule is CC1CCCC(C(N)Cc2cc(F)ccc2Cl)(N(C)C)C1. The van der Waals surface area contributed by atoms with Gasteiger partial charge in [-0.05, 0) is 63.0 Å². The summed E-state index contributed by atoms with van der Waals surface area (Å²) in [5, 5.41) is 0.601. The predicted octanol–water partition coefficient (Wildman–Crippen LogP) is 3.86. The summed E-state index contributed by atoms with van der Waals surface area (Å²) in [7, 11) is 4.20. The maximum Gasteiger partial charge on any atom is 0.123 e. The summed E-state index contributed by atoms with van der Waals surface area (Å²) < 4.78 is 13.4. The molecule has 21 heavy (non-hydrogen) atoms. The van der Waals surface area contributed by atoms with Gasteiger partial charge in [0.25, 0.3) is 0 Å². The largest absolute Gasteiger partial charge is 0.326 e. The molecule has 4 heteroatoms. The molecule has 1 aliphatic carbocycles. The van der Waals surface area contributed by atoms with Crippen molar-refractivity contribution in [3.05, 3.63) is 34.6 Å². The van der Waals surface area contributed by atoms with Crippen LogP contribution in [-0.2, 0) is 6.42 Å². The van der Waals surface area contributed by atoms with Crippen LogP contribution in [0, 0.1) is 11.7 Å². The summed E-state index contributed by atoms with van der Waals surface area (Å²) in [5.41, 5.74) is 7.36.